The molecule has 0 bridgehead atoms. The fraction of sp³-hybridized carbons (Fsp3) is 0.235. The van der Waals surface area contributed by atoms with E-state index in [0.29, 0.717) is 0 Å². The molecule has 1 heteroatoms. The molecular weight excluding hydrogens is 218 g/mol. The Hall–Kier alpha value is -2.07. The molecule has 88 valence electrons. The first kappa shape index (κ1) is 11.0. The van der Waals surface area contributed by atoms with Gasteiger partial charge in [-0.2, -0.15) is 5.26 Å². The molecule has 2 aromatic carbocycles. The van der Waals surface area contributed by atoms with E-state index in [1.807, 2.05) is 12.1 Å². The molecule has 1 aliphatic rings. The van der Waals surface area contributed by atoms with Crippen LogP contribution < -0.4 is 0 Å². The molecule has 0 radical (unpaired) electrons. The number of aryl methyl sites for hydroxylation is 1. The Labute approximate surface area is 108 Å². The summed E-state index contributed by atoms with van der Waals surface area (Å²) in [5.41, 5.74) is 7.24. The lowest BCUT2D eigenvalue weighted by Gasteiger charge is -2.21. The lowest BCUT2D eigenvalue weighted by atomic mass is 9.81. The summed E-state index contributed by atoms with van der Waals surface area (Å²) in [7, 11) is 0. The summed E-state index contributed by atoms with van der Waals surface area (Å²) in [5.74, 6) is 0. The molecular formula is C17H15N. The number of rotatable bonds is 0. The second-order valence-electron chi connectivity index (χ2n) is 5.55. The fourth-order valence-electron chi connectivity index (χ4n) is 2.92. The number of benzene rings is 2. The highest BCUT2D eigenvalue weighted by Gasteiger charge is 2.35. The van der Waals surface area contributed by atoms with Crippen LogP contribution in [0.3, 0.4) is 0 Å². The Morgan fingerprint density at radius 1 is 0.944 bits per heavy atom. The molecule has 0 spiro atoms. The minimum Gasteiger partial charge on any atom is -0.192 e. The second kappa shape index (κ2) is 3.46. The number of hydrogen-bond acceptors (Lipinski definition) is 1. The van der Waals surface area contributed by atoms with Crippen molar-refractivity contribution in [2.45, 2.75) is 26.2 Å². The highest BCUT2D eigenvalue weighted by molar-refractivity contribution is 5.81. The quantitative estimate of drug-likeness (QED) is 0.670. The van der Waals surface area contributed by atoms with Crippen LogP contribution in [-0.4, -0.2) is 0 Å². The predicted octanol–water partition coefficient (Wildman–Crippen LogP) is 4.17. The molecule has 0 saturated heterocycles. The van der Waals surface area contributed by atoms with Crippen LogP contribution >= 0.6 is 0 Å². The highest BCUT2D eigenvalue weighted by atomic mass is 14.4. The Bertz CT molecular complexity index is 687. The van der Waals surface area contributed by atoms with Crippen LogP contribution in [0.5, 0.6) is 0 Å². The molecule has 0 aliphatic heterocycles. The molecule has 0 saturated carbocycles. The van der Waals surface area contributed by atoms with Crippen LogP contribution in [0.1, 0.15) is 36.1 Å². The molecule has 0 fully saturated rings. The summed E-state index contributed by atoms with van der Waals surface area (Å²) in [4.78, 5) is 0. The second-order valence-corrected chi connectivity index (χ2v) is 5.55. The van der Waals surface area contributed by atoms with Gasteiger partial charge in [0, 0.05) is 5.41 Å². The van der Waals surface area contributed by atoms with Crippen LogP contribution in [0.15, 0.2) is 36.4 Å². The molecule has 0 atom stereocenters. The average Bonchev–Trinajstić information content (AvgIpc) is 2.58. The van der Waals surface area contributed by atoms with Crippen molar-refractivity contribution in [3.8, 4) is 17.2 Å². The van der Waals surface area contributed by atoms with Crippen LogP contribution in [0.4, 0.5) is 0 Å². The zero-order valence-electron chi connectivity index (χ0n) is 10.9. The van der Waals surface area contributed by atoms with Gasteiger partial charge in [0.15, 0.2) is 0 Å². The predicted molar refractivity (Wildman–Crippen MR) is 73.5 cm³/mol. The third-order valence-electron chi connectivity index (χ3n) is 3.96. The van der Waals surface area contributed by atoms with Gasteiger partial charge >= 0.3 is 0 Å². The van der Waals surface area contributed by atoms with Crippen LogP contribution in [0.2, 0.25) is 0 Å². The zero-order chi connectivity index (χ0) is 12.9. The minimum atomic E-state index is -0.0104. The van der Waals surface area contributed by atoms with Gasteiger partial charge in [-0.1, -0.05) is 43.7 Å². The normalized spacial score (nSPS) is 14.8. The fourth-order valence-corrected chi connectivity index (χ4v) is 2.92. The van der Waals surface area contributed by atoms with E-state index in [9.17, 15) is 0 Å². The van der Waals surface area contributed by atoms with Crippen molar-refractivity contribution in [1.29, 1.82) is 5.26 Å². The maximum atomic E-state index is 9.05. The summed E-state index contributed by atoms with van der Waals surface area (Å²) in [6, 6.07) is 14.9. The van der Waals surface area contributed by atoms with E-state index in [-0.39, 0.29) is 5.41 Å². The third kappa shape index (κ3) is 1.32. The SMILES string of the molecule is Cc1ccc2c(c1)C(C)(C)c1cc(C#N)ccc1-2. The monoisotopic (exact) mass is 233 g/mol. The van der Waals surface area contributed by atoms with Gasteiger partial charge in [-0.15, -0.1) is 0 Å². The lowest BCUT2D eigenvalue weighted by molar-refractivity contribution is 0.659. The van der Waals surface area contributed by atoms with Crippen molar-refractivity contribution >= 4 is 0 Å². The van der Waals surface area contributed by atoms with E-state index in [2.05, 4.69) is 51.1 Å². The van der Waals surface area contributed by atoms with E-state index >= 15 is 0 Å². The van der Waals surface area contributed by atoms with Gasteiger partial charge in [0.25, 0.3) is 0 Å². The zero-order valence-corrected chi connectivity index (χ0v) is 10.9. The molecule has 1 nitrogen and oxygen atoms in total. The van der Waals surface area contributed by atoms with Gasteiger partial charge in [0.1, 0.15) is 0 Å². The Kier molecular flexibility index (Phi) is 2.12. The van der Waals surface area contributed by atoms with Gasteiger partial charge in [0.2, 0.25) is 0 Å². The molecule has 18 heavy (non-hydrogen) atoms. The van der Waals surface area contributed by atoms with Crippen molar-refractivity contribution in [3.63, 3.8) is 0 Å². The maximum absolute atomic E-state index is 9.05. The number of hydrogen-bond donors (Lipinski definition) is 0. The van der Waals surface area contributed by atoms with Crippen LogP contribution in [-0.2, 0) is 5.41 Å². The Morgan fingerprint density at radius 3 is 2.22 bits per heavy atom. The van der Waals surface area contributed by atoms with E-state index in [4.69, 9.17) is 5.26 Å². The lowest BCUT2D eigenvalue weighted by Crippen LogP contribution is -2.15. The smallest absolute Gasteiger partial charge is 0.0991 e. The minimum absolute atomic E-state index is 0.0104. The summed E-state index contributed by atoms with van der Waals surface area (Å²) >= 11 is 0. The summed E-state index contributed by atoms with van der Waals surface area (Å²) in [5, 5.41) is 9.05. The van der Waals surface area contributed by atoms with Gasteiger partial charge in [-0.25, -0.2) is 0 Å². The molecule has 3 rings (SSSR count). The Balaban J connectivity index is 2.35. The largest absolute Gasteiger partial charge is 0.192 e. The van der Waals surface area contributed by atoms with Crippen LogP contribution in [0, 0.1) is 18.3 Å². The molecule has 2 aromatic rings. The van der Waals surface area contributed by atoms with Crippen molar-refractivity contribution < 1.29 is 0 Å². The van der Waals surface area contributed by atoms with E-state index in [0.717, 1.165) is 5.56 Å². The van der Waals surface area contributed by atoms with Crippen molar-refractivity contribution in [1.82, 2.24) is 0 Å². The van der Waals surface area contributed by atoms with E-state index in [1.54, 1.807) is 0 Å². The highest BCUT2D eigenvalue weighted by Crippen LogP contribution is 2.48. The topological polar surface area (TPSA) is 23.8 Å². The molecule has 0 N–H and O–H groups in total. The molecule has 0 heterocycles. The van der Waals surface area contributed by atoms with Gasteiger partial charge in [-0.3, -0.25) is 0 Å². The van der Waals surface area contributed by atoms with Gasteiger partial charge in [0.05, 0.1) is 11.6 Å². The van der Waals surface area contributed by atoms with Crippen LogP contribution in [0.25, 0.3) is 11.1 Å². The molecule has 0 unspecified atom stereocenters. The summed E-state index contributed by atoms with van der Waals surface area (Å²) in [6.45, 7) is 6.59. The van der Waals surface area contributed by atoms with Crippen molar-refractivity contribution in [3.05, 3.63) is 58.7 Å². The van der Waals surface area contributed by atoms with Crippen molar-refractivity contribution in [2.75, 3.05) is 0 Å². The van der Waals surface area contributed by atoms with Crippen molar-refractivity contribution in [2.24, 2.45) is 0 Å². The first-order valence-corrected chi connectivity index (χ1v) is 6.20. The molecule has 1 aliphatic carbocycles. The molecule has 0 amide bonds. The van der Waals surface area contributed by atoms with E-state index < -0.39 is 0 Å². The maximum Gasteiger partial charge on any atom is 0.0991 e. The summed E-state index contributed by atoms with van der Waals surface area (Å²) in [6.07, 6.45) is 0. The number of nitriles is 1. The Morgan fingerprint density at radius 2 is 1.56 bits per heavy atom. The number of nitrogens with zero attached hydrogens (tertiary/aromatic N) is 1. The van der Waals surface area contributed by atoms with Gasteiger partial charge in [-0.05, 0) is 41.3 Å². The molecule has 0 aromatic heterocycles. The first-order valence-electron chi connectivity index (χ1n) is 6.20. The third-order valence-corrected chi connectivity index (χ3v) is 3.96. The first-order chi connectivity index (χ1) is 8.54. The number of fused-ring (bicyclic) bond motifs is 3. The average molecular weight is 233 g/mol. The summed E-state index contributed by atoms with van der Waals surface area (Å²) < 4.78 is 0. The standard InChI is InChI=1S/C17H15N/c1-11-4-6-13-14-7-5-12(10-18)9-16(14)17(2,3)15(13)8-11/h4-9H,1-3H3. The van der Waals surface area contributed by atoms with E-state index in [1.165, 1.54) is 27.8 Å². The van der Waals surface area contributed by atoms with Gasteiger partial charge < -0.3 is 0 Å².